The van der Waals surface area contributed by atoms with Gasteiger partial charge in [0, 0.05) is 22.9 Å². The van der Waals surface area contributed by atoms with Crippen LogP contribution in [0.3, 0.4) is 0 Å². The lowest BCUT2D eigenvalue weighted by Crippen LogP contribution is -1.97. The fraction of sp³-hybridized carbons (Fsp3) is 0.235. The van der Waals surface area contributed by atoms with Crippen molar-refractivity contribution in [3.63, 3.8) is 0 Å². The highest BCUT2D eigenvalue weighted by atomic mass is 35.5. The first-order valence-electron chi connectivity index (χ1n) is 7.06. The lowest BCUT2D eigenvalue weighted by Gasteiger charge is -2.11. The van der Waals surface area contributed by atoms with Gasteiger partial charge in [-0.3, -0.25) is 4.99 Å². The highest BCUT2D eigenvalue weighted by Gasteiger charge is 2.06. The van der Waals surface area contributed by atoms with E-state index in [1.165, 1.54) is 6.07 Å². The van der Waals surface area contributed by atoms with Gasteiger partial charge in [0.25, 0.3) is 0 Å². The number of aromatic hydroxyl groups is 1. The molecule has 22 heavy (non-hydrogen) atoms. The summed E-state index contributed by atoms with van der Waals surface area (Å²) < 4.78 is 11.1. The molecule has 0 bridgehead atoms. The van der Waals surface area contributed by atoms with E-state index in [2.05, 4.69) is 4.99 Å². The van der Waals surface area contributed by atoms with Gasteiger partial charge in [-0.05, 0) is 44.2 Å². The molecule has 0 unspecified atom stereocenters. The van der Waals surface area contributed by atoms with Crippen molar-refractivity contribution >= 4 is 23.5 Å². The normalized spacial score (nSPS) is 10.9. The zero-order valence-corrected chi connectivity index (χ0v) is 13.3. The van der Waals surface area contributed by atoms with Crippen molar-refractivity contribution in [1.82, 2.24) is 0 Å². The van der Waals surface area contributed by atoms with Gasteiger partial charge in [0.2, 0.25) is 0 Å². The van der Waals surface area contributed by atoms with Crippen LogP contribution in [0.25, 0.3) is 0 Å². The molecule has 0 saturated carbocycles. The molecule has 0 radical (unpaired) electrons. The summed E-state index contributed by atoms with van der Waals surface area (Å²) in [6.07, 6.45) is 1.56. The van der Waals surface area contributed by atoms with E-state index in [9.17, 15) is 5.11 Å². The number of ether oxygens (including phenoxy) is 2. The zero-order chi connectivity index (χ0) is 15.9. The third kappa shape index (κ3) is 4.15. The minimum atomic E-state index is 0.129. The molecule has 116 valence electrons. The van der Waals surface area contributed by atoms with Crippen LogP contribution in [0.4, 0.5) is 5.69 Å². The van der Waals surface area contributed by atoms with Gasteiger partial charge >= 0.3 is 0 Å². The molecule has 4 nitrogen and oxygen atoms in total. The Morgan fingerprint density at radius 1 is 1.05 bits per heavy atom. The van der Waals surface area contributed by atoms with Crippen LogP contribution >= 0.6 is 11.6 Å². The molecular weight excluding hydrogens is 302 g/mol. The SMILES string of the molecule is CCOc1ccc(N=Cc2cc(Cl)ccc2O)cc1OCC. The summed E-state index contributed by atoms with van der Waals surface area (Å²) in [4.78, 5) is 4.34. The van der Waals surface area contributed by atoms with Crippen LogP contribution in [0.1, 0.15) is 19.4 Å². The van der Waals surface area contributed by atoms with Gasteiger partial charge in [-0.2, -0.15) is 0 Å². The second-order valence-corrected chi connectivity index (χ2v) is 4.89. The Hall–Kier alpha value is -2.20. The molecule has 0 spiro atoms. The first-order chi connectivity index (χ1) is 10.6. The lowest BCUT2D eigenvalue weighted by molar-refractivity contribution is 0.288. The van der Waals surface area contributed by atoms with Crippen molar-refractivity contribution in [3.05, 3.63) is 47.0 Å². The Labute approximate surface area is 135 Å². The van der Waals surface area contributed by atoms with Crippen molar-refractivity contribution < 1.29 is 14.6 Å². The van der Waals surface area contributed by atoms with Crippen LogP contribution in [0.15, 0.2) is 41.4 Å². The summed E-state index contributed by atoms with van der Waals surface area (Å²) in [7, 11) is 0. The number of benzene rings is 2. The summed E-state index contributed by atoms with van der Waals surface area (Å²) in [5, 5.41) is 10.3. The lowest BCUT2D eigenvalue weighted by atomic mass is 10.2. The van der Waals surface area contributed by atoms with E-state index in [-0.39, 0.29) is 5.75 Å². The van der Waals surface area contributed by atoms with Gasteiger partial charge < -0.3 is 14.6 Å². The monoisotopic (exact) mass is 319 g/mol. The number of hydrogen-bond acceptors (Lipinski definition) is 4. The molecule has 0 aromatic heterocycles. The summed E-state index contributed by atoms with van der Waals surface area (Å²) in [6, 6.07) is 10.3. The van der Waals surface area contributed by atoms with Crippen LogP contribution in [-0.2, 0) is 0 Å². The third-order valence-corrected chi connectivity index (χ3v) is 3.10. The molecule has 5 heteroatoms. The van der Waals surface area contributed by atoms with E-state index >= 15 is 0 Å². The fourth-order valence-corrected chi connectivity index (χ4v) is 2.07. The summed E-state index contributed by atoms with van der Waals surface area (Å²) >= 11 is 5.91. The second kappa shape index (κ2) is 7.71. The van der Waals surface area contributed by atoms with E-state index in [4.69, 9.17) is 21.1 Å². The molecule has 0 heterocycles. The minimum absolute atomic E-state index is 0.129. The van der Waals surface area contributed by atoms with E-state index < -0.39 is 0 Å². The van der Waals surface area contributed by atoms with Crippen LogP contribution < -0.4 is 9.47 Å². The summed E-state index contributed by atoms with van der Waals surface area (Å²) in [5.74, 6) is 1.47. The van der Waals surface area contributed by atoms with Crippen LogP contribution in [0.5, 0.6) is 17.2 Å². The van der Waals surface area contributed by atoms with Crippen molar-refractivity contribution in [3.8, 4) is 17.2 Å². The molecule has 0 fully saturated rings. The number of hydrogen-bond donors (Lipinski definition) is 1. The van der Waals surface area contributed by atoms with E-state index in [1.54, 1.807) is 24.4 Å². The Morgan fingerprint density at radius 3 is 2.50 bits per heavy atom. The molecule has 1 N–H and O–H groups in total. The summed E-state index contributed by atoms with van der Waals surface area (Å²) in [5.41, 5.74) is 1.26. The van der Waals surface area contributed by atoms with Gasteiger partial charge in [0.05, 0.1) is 18.9 Å². The molecule has 2 aromatic rings. The van der Waals surface area contributed by atoms with Crippen molar-refractivity contribution in [2.75, 3.05) is 13.2 Å². The van der Waals surface area contributed by atoms with Crippen LogP contribution in [0.2, 0.25) is 5.02 Å². The predicted octanol–water partition coefficient (Wildman–Crippen LogP) is 4.59. The van der Waals surface area contributed by atoms with Gasteiger partial charge in [0.15, 0.2) is 11.5 Å². The summed E-state index contributed by atoms with van der Waals surface area (Å²) in [6.45, 7) is 4.95. The van der Waals surface area contributed by atoms with Crippen molar-refractivity contribution in [1.29, 1.82) is 0 Å². The molecule has 2 aromatic carbocycles. The smallest absolute Gasteiger partial charge is 0.163 e. The number of phenolic OH excluding ortho intramolecular Hbond substituents is 1. The molecule has 0 aliphatic rings. The molecule has 0 amide bonds. The van der Waals surface area contributed by atoms with E-state index in [0.29, 0.717) is 41.0 Å². The maximum atomic E-state index is 9.77. The maximum absolute atomic E-state index is 9.77. The second-order valence-electron chi connectivity index (χ2n) is 4.46. The van der Waals surface area contributed by atoms with Crippen molar-refractivity contribution in [2.45, 2.75) is 13.8 Å². The zero-order valence-electron chi connectivity index (χ0n) is 12.5. The van der Waals surface area contributed by atoms with E-state index in [0.717, 1.165) is 0 Å². The highest BCUT2D eigenvalue weighted by Crippen LogP contribution is 2.32. The Kier molecular flexibility index (Phi) is 5.67. The van der Waals surface area contributed by atoms with Gasteiger partial charge in [-0.15, -0.1) is 0 Å². The average molecular weight is 320 g/mol. The number of nitrogens with zero attached hydrogens (tertiary/aromatic N) is 1. The Morgan fingerprint density at radius 2 is 1.77 bits per heavy atom. The molecule has 2 rings (SSSR count). The van der Waals surface area contributed by atoms with Gasteiger partial charge in [-0.1, -0.05) is 11.6 Å². The predicted molar refractivity (Wildman–Crippen MR) is 89.2 cm³/mol. The van der Waals surface area contributed by atoms with E-state index in [1.807, 2.05) is 26.0 Å². The number of aliphatic imine (C=N–C) groups is 1. The van der Waals surface area contributed by atoms with Gasteiger partial charge in [0.1, 0.15) is 5.75 Å². The molecule has 0 aliphatic carbocycles. The quantitative estimate of drug-likeness (QED) is 0.792. The molecule has 0 atom stereocenters. The van der Waals surface area contributed by atoms with Gasteiger partial charge in [-0.25, -0.2) is 0 Å². The van der Waals surface area contributed by atoms with Crippen molar-refractivity contribution in [2.24, 2.45) is 4.99 Å². The average Bonchev–Trinajstić information content (AvgIpc) is 2.51. The molecular formula is C17H18ClNO3. The maximum Gasteiger partial charge on any atom is 0.163 e. The number of halogens is 1. The first kappa shape index (κ1) is 16.2. The minimum Gasteiger partial charge on any atom is -0.507 e. The standard InChI is InChI=1S/C17H18ClNO3/c1-3-21-16-8-6-14(10-17(16)22-4-2)19-11-12-9-13(18)5-7-15(12)20/h5-11,20H,3-4H2,1-2H3. The number of phenols is 1. The fourth-order valence-electron chi connectivity index (χ4n) is 1.89. The Balaban J connectivity index is 2.27. The Bertz CT molecular complexity index is 671. The van der Waals surface area contributed by atoms with Crippen LogP contribution in [-0.4, -0.2) is 24.5 Å². The third-order valence-electron chi connectivity index (χ3n) is 2.87. The highest BCUT2D eigenvalue weighted by molar-refractivity contribution is 6.30. The molecule has 0 aliphatic heterocycles. The van der Waals surface area contributed by atoms with Crippen LogP contribution in [0, 0.1) is 0 Å². The number of rotatable bonds is 6. The largest absolute Gasteiger partial charge is 0.507 e. The first-order valence-corrected chi connectivity index (χ1v) is 7.44. The topological polar surface area (TPSA) is 51.0 Å². The molecule has 0 saturated heterocycles.